The summed E-state index contributed by atoms with van der Waals surface area (Å²) >= 11 is 1.59. The number of ketones is 1. The molecule has 0 spiro atoms. The van der Waals surface area contributed by atoms with Crippen molar-refractivity contribution >= 4 is 22.8 Å². The Bertz CT molecular complexity index is 1560. The molecule has 1 atom stereocenters. The molecule has 38 heavy (non-hydrogen) atoms. The molecule has 0 bridgehead atoms. The second-order valence-electron chi connectivity index (χ2n) is 9.04. The van der Waals surface area contributed by atoms with E-state index in [0.717, 1.165) is 27.4 Å². The van der Waals surface area contributed by atoms with Gasteiger partial charge in [0.25, 0.3) is 0 Å². The number of hydrogen-bond donors (Lipinski definition) is 0. The molecule has 0 fully saturated rings. The van der Waals surface area contributed by atoms with Gasteiger partial charge in [-0.05, 0) is 72.8 Å². The summed E-state index contributed by atoms with van der Waals surface area (Å²) in [4.78, 5) is 20.8. The van der Waals surface area contributed by atoms with Crippen LogP contribution in [0.1, 0.15) is 39.8 Å². The number of rotatable bonds is 8. The number of para-hydroxylation sites is 1. The van der Waals surface area contributed by atoms with Crippen molar-refractivity contribution < 1.29 is 4.79 Å². The van der Waals surface area contributed by atoms with Crippen LogP contribution in [0, 0.1) is 18.8 Å². The fourth-order valence-corrected chi connectivity index (χ4v) is 5.28. The zero-order valence-corrected chi connectivity index (χ0v) is 22.4. The molecule has 3 aromatic carbocycles. The van der Waals surface area contributed by atoms with Crippen molar-refractivity contribution in [3.8, 4) is 16.8 Å². The standard InChI is InChI=1S/C33H29N3OS/c1-3-35(29-12-5-4-6-13-29)30(32(37)33-34-21-22-36(33)31-14-9-23-38-31)24-27-17-15-26(16-18-27)19-20-28-11-8-7-10-25(28)2/h4-18,21-23,30H,3,24H2,1-2H3/t30-/m0/s1. The molecule has 188 valence electrons. The zero-order chi connectivity index (χ0) is 26.3. The van der Waals surface area contributed by atoms with Gasteiger partial charge in [-0.15, -0.1) is 11.3 Å². The number of imidazole rings is 1. The van der Waals surface area contributed by atoms with Crippen molar-refractivity contribution in [1.29, 1.82) is 0 Å². The molecule has 4 nitrogen and oxygen atoms in total. The predicted octanol–water partition coefficient (Wildman–Crippen LogP) is 6.96. The molecule has 0 aliphatic heterocycles. The second-order valence-corrected chi connectivity index (χ2v) is 9.97. The average molecular weight is 516 g/mol. The quantitative estimate of drug-likeness (QED) is 0.166. The largest absolute Gasteiger partial charge is 0.361 e. The highest BCUT2D eigenvalue weighted by Crippen LogP contribution is 2.24. The highest BCUT2D eigenvalue weighted by atomic mass is 32.1. The molecule has 5 heteroatoms. The summed E-state index contributed by atoms with van der Waals surface area (Å²) in [6, 6.07) is 30.1. The lowest BCUT2D eigenvalue weighted by molar-refractivity contribution is 0.0945. The molecule has 0 radical (unpaired) electrons. The van der Waals surface area contributed by atoms with Gasteiger partial charge in [0.2, 0.25) is 5.78 Å². The molecule has 0 saturated carbocycles. The van der Waals surface area contributed by atoms with Gasteiger partial charge in [0.1, 0.15) is 5.00 Å². The number of carbonyl (C=O) groups excluding carboxylic acids is 1. The lowest BCUT2D eigenvalue weighted by atomic mass is 9.98. The summed E-state index contributed by atoms with van der Waals surface area (Å²) in [6.45, 7) is 4.85. The van der Waals surface area contributed by atoms with Gasteiger partial charge in [0, 0.05) is 42.2 Å². The van der Waals surface area contributed by atoms with E-state index in [1.165, 1.54) is 5.56 Å². The van der Waals surface area contributed by atoms with E-state index in [2.05, 4.69) is 65.9 Å². The maximum atomic E-state index is 14.1. The number of carbonyl (C=O) groups is 1. The first-order valence-corrected chi connectivity index (χ1v) is 13.6. The lowest BCUT2D eigenvalue weighted by Crippen LogP contribution is -2.44. The van der Waals surface area contributed by atoms with Crippen LogP contribution in [-0.4, -0.2) is 27.9 Å². The molecule has 0 saturated heterocycles. The van der Waals surface area contributed by atoms with Crippen molar-refractivity contribution in [2.24, 2.45) is 0 Å². The topological polar surface area (TPSA) is 38.1 Å². The third-order valence-corrected chi connectivity index (χ3v) is 7.45. The number of benzene rings is 3. The van der Waals surface area contributed by atoms with Crippen LogP contribution in [0.3, 0.4) is 0 Å². The number of likely N-dealkylation sites (N-methyl/N-ethyl adjacent to an activating group) is 1. The number of anilines is 1. The van der Waals surface area contributed by atoms with Crippen LogP contribution in [0.15, 0.2) is 109 Å². The van der Waals surface area contributed by atoms with Crippen LogP contribution in [0.2, 0.25) is 0 Å². The molecule has 0 N–H and O–H groups in total. The molecule has 0 amide bonds. The summed E-state index contributed by atoms with van der Waals surface area (Å²) in [5.74, 6) is 6.99. The normalized spacial score (nSPS) is 11.4. The number of hydrogen-bond acceptors (Lipinski definition) is 4. The molecule has 0 aliphatic carbocycles. The Kier molecular flexibility index (Phi) is 7.82. The van der Waals surface area contributed by atoms with Crippen molar-refractivity contribution in [2.45, 2.75) is 26.3 Å². The highest BCUT2D eigenvalue weighted by molar-refractivity contribution is 7.12. The van der Waals surface area contributed by atoms with Gasteiger partial charge in [-0.3, -0.25) is 9.36 Å². The Morgan fingerprint density at radius 3 is 2.42 bits per heavy atom. The summed E-state index contributed by atoms with van der Waals surface area (Å²) < 4.78 is 1.89. The summed E-state index contributed by atoms with van der Waals surface area (Å²) in [5, 5.41) is 2.98. The molecule has 2 heterocycles. The molecule has 5 rings (SSSR count). The van der Waals surface area contributed by atoms with E-state index in [-0.39, 0.29) is 5.78 Å². The molecular formula is C33H29N3OS. The van der Waals surface area contributed by atoms with Gasteiger partial charge in [-0.25, -0.2) is 4.98 Å². The summed E-state index contributed by atoms with van der Waals surface area (Å²) in [6.07, 6.45) is 4.12. The summed E-state index contributed by atoms with van der Waals surface area (Å²) in [7, 11) is 0. The monoisotopic (exact) mass is 515 g/mol. The minimum absolute atomic E-state index is 0.00229. The third-order valence-electron chi connectivity index (χ3n) is 6.58. The van der Waals surface area contributed by atoms with Crippen LogP contribution in [-0.2, 0) is 6.42 Å². The fraction of sp³-hybridized carbons (Fsp3) is 0.152. The zero-order valence-electron chi connectivity index (χ0n) is 21.5. The molecule has 0 unspecified atom stereocenters. The van der Waals surface area contributed by atoms with E-state index in [4.69, 9.17) is 0 Å². The number of Topliss-reactive ketones (excluding diaryl/α,β-unsaturated/α-hetero) is 1. The summed E-state index contributed by atoms with van der Waals surface area (Å²) in [5.41, 5.74) is 5.24. The third kappa shape index (κ3) is 5.61. The fourth-order valence-electron chi connectivity index (χ4n) is 4.57. The van der Waals surface area contributed by atoms with Crippen LogP contribution < -0.4 is 4.90 Å². The minimum atomic E-state index is -0.410. The average Bonchev–Trinajstić information content (AvgIpc) is 3.66. The van der Waals surface area contributed by atoms with E-state index < -0.39 is 6.04 Å². The maximum absolute atomic E-state index is 14.1. The Hall–Kier alpha value is -4.40. The second kappa shape index (κ2) is 11.8. The van der Waals surface area contributed by atoms with Gasteiger partial charge >= 0.3 is 0 Å². The maximum Gasteiger partial charge on any atom is 0.221 e. The van der Waals surface area contributed by atoms with Crippen molar-refractivity contribution in [1.82, 2.24) is 9.55 Å². The Morgan fingerprint density at radius 1 is 0.947 bits per heavy atom. The highest BCUT2D eigenvalue weighted by Gasteiger charge is 2.30. The first-order valence-electron chi connectivity index (χ1n) is 12.7. The van der Waals surface area contributed by atoms with Gasteiger partial charge in [0.05, 0.1) is 6.04 Å². The van der Waals surface area contributed by atoms with Crippen molar-refractivity contribution in [2.75, 3.05) is 11.4 Å². The Morgan fingerprint density at radius 2 is 1.71 bits per heavy atom. The number of nitrogens with zero attached hydrogens (tertiary/aromatic N) is 3. The molecular weight excluding hydrogens is 486 g/mol. The van der Waals surface area contributed by atoms with Crippen LogP contribution in [0.4, 0.5) is 5.69 Å². The Balaban J connectivity index is 1.45. The van der Waals surface area contributed by atoms with Gasteiger partial charge in [-0.2, -0.15) is 0 Å². The van der Waals surface area contributed by atoms with E-state index in [0.29, 0.717) is 18.8 Å². The van der Waals surface area contributed by atoms with Crippen molar-refractivity contribution in [3.63, 3.8) is 0 Å². The van der Waals surface area contributed by atoms with Crippen LogP contribution >= 0.6 is 11.3 Å². The van der Waals surface area contributed by atoms with E-state index >= 15 is 0 Å². The van der Waals surface area contributed by atoms with Crippen LogP contribution in [0.5, 0.6) is 0 Å². The van der Waals surface area contributed by atoms with E-state index in [9.17, 15) is 4.79 Å². The first-order chi connectivity index (χ1) is 18.6. The molecule has 5 aromatic rings. The van der Waals surface area contributed by atoms with Gasteiger partial charge in [-0.1, -0.05) is 60.4 Å². The predicted molar refractivity (Wildman–Crippen MR) is 156 cm³/mol. The SMILES string of the molecule is CCN(c1ccccc1)[C@@H](Cc1ccc(C#Cc2ccccc2C)cc1)C(=O)c1nccn1-c1cccs1. The van der Waals surface area contributed by atoms with E-state index in [1.807, 2.05) is 76.8 Å². The smallest absolute Gasteiger partial charge is 0.221 e. The number of aryl methyl sites for hydroxylation is 1. The lowest BCUT2D eigenvalue weighted by Gasteiger charge is -2.32. The number of aromatic nitrogens is 2. The molecule has 2 aromatic heterocycles. The van der Waals surface area contributed by atoms with Crippen LogP contribution in [0.25, 0.3) is 5.00 Å². The first kappa shape index (κ1) is 25.3. The molecule has 0 aliphatic rings. The Labute approximate surface area is 228 Å². The van der Waals surface area contributed by atoms with Gasteiger partial charge in [0.15, 0.2) is 5.82 Å². The van der Waals surface area contributed by atoms with Crippen molar-refractivity contribution in [3.05, 3.63) is 137 Å². The number of thiophene rings is 1. The minimum Gasteiger partial charge on any atom is -0.361 e. The van der Waals surface area contributed by atoms with E-state index in [1.54, 1.807) is 17.5 Å². The van der Waals surface area contributed by atoms with Gasteiger partial charge < -0.3 is 4.90 Å².